The molecule has 0 N–H and O–H groups in total. The van der Waals surface area contributed by atoms with Crippen molar-refractivity contribution in [3.05, 3.63) is 74.6 Å². The van der Waals surface area contributed by atoms with Gasteiger partial charge in [-0.05, 0) is 49.7 Å². The van der Waals surface area contributed by atoms with E-state index in [0.717, 1.165) is 5.56 Å². The number of rotatable bonds is 6. The average molecular weight is 440 g/mol. The van der Waals surface area contributed by atoms with Crippen LogP contribution in [0.4, 0.5) is 5.69 Å². The first-order valence-corrected chi connectivity index (χ1v) is 9.70. The summed E-state index contributed by atoms with van der Waals surface area (Å²) in [4.78, 5) is 15.3. The highest BCUT2D eigenvalue weighted by Gasteiger charge is 2.22. The molecular formula is C21H18ClN5O4. The number of aryl methyl sites for hydroxylation is 1. The Morgan fingerprint density at radius 1 is 1.23 bits per heavy atom. The van der Waals surface area contributed by atoms with Gasteiger partial charge in [0.1, 0.15) is 17.1 Å². The highest BCUT2D eigenvalue weighted by molar-refractivity contribution is 6.30. The summed E-state index contributed by atoms with van der Waals surface area (Å²) in [5, 5.41) is 20.1. The fourth-order valence-electron chi connectivity index (χ4n) is 3.39. The van der Waals surface area contributed by atoms with Gasteiger partial charge in [0, 0.05) is 10.6 Å². The van der Waals surface area contributed by atoms with Crippen LogP contribution >= 0.6 is 11.6 Å². The van der Waals surface area contributed by atoms with E-state index in [4.69, 9.17) is 20.9 Å². The lowest BCUT2D eigenvalue weighted by Gasteiger charge is -2.05. The molecule has 0 amide bonds. The Balaban J connectivity index is 1.64. The molecule has 0 aliphatic rings. The molecular weight excluding hydrogens is 422 g/mol. The lowest BCUT2D eigenvalue weighted by atomic mass is 10.1. The maximum Gasteiger partial charge on any atom is 0.312 e. The standard InChI is InChI=1S/C21H18ClN5O4/c1-12-19(27(28)29)13(2)26(24-12)11-14-5-4-6-15(9-14)21-23-20(25-31-21)17-10-16(22)7-8-18(17)30-3/h4-10H,11H2,1-3H3. The van der Waals surface area contributed by atoms with Gasteiger partial charge in [0.25, 0.3) is 5.89 Å². The molecule has 158 valence electrons. The summed E-state index contributed by atoms with van der Waals surface area (Å²) in [6.07, 6.45) is 0. The van der Waals surface area contributed by atoms with Crippen LogP contribution in [-0.4, -0.2) is 32.0 Å². The minimum absolute atomic E-state index is 0.0353. The number of hydrogen-bond acceptors (Lipinski definition) is 7. The second-order valence-corrected chi connectivity index (χ2v) is 7.34. The van der Waals surface area contributed by atoms with Crippen molar-refractivity contribution in [1.29, 1.82) is 0 Å². The van der Waals surface area contributed by atoms with Gasteiger partial charge in [-0.1, -0.05) is 28.9 Å². The zero-order chi connectivity index (χ0) is 22.1. The minimum atomic E-state index is -0.408. The average Bonchev–Trinajstić information content (AvgIpc) is 3.33. The van der Waals surface area contributed by atoms with E-state index in [1.54, 1.807) is 43.8 Å². The van der Waals surface area contributed by atoms with Gasteiger partial charge < -0.3 is 9.26 Å². The Morgan fingerprint density at radius 2 is 2.03 bits per heavy atom. The van der Waals surface area contributed by atoms with E-state index in [1.165, 1.54) is 0 Å². The second-order valence-electron chi connectivity index (χ2n) is 6.90. The van der Waals surface area contributed by atoms with Crippen molar-refractivity contribution in [1.82, 2.24) is 19.9 Å². The smallest absolute Gasteiger partial charge is 0.312 e. The normalized spacial score (nSPS) is 11.0. The van der Waals surface area contributed by atoms with E-state index in [0.29, 0.717) is 51.5 Å². The number of methoxy groups -OCH3 is 1. The molecule has 2 aromatic carbocycles. The summed E-state index contributed by atoms with van der Waals surface area (Å²) in [7, 11) is 1.56. The van der Waals surface area contributed by atoms with Crippen LogP contribution in [0.25, 0.3) is 22.8 Å². The predicted octanol–water partition coefficient (Wildman–Crippen LogP) is 4.84. The van der Waals surface area contributed by atoms with E-state index in [2.05, 4.69) is 15.2 Å². The number of ether oxygens (including phenoxy) is 1. The van der Waals surface area contributed by atoms with Crippen LogP contribution in [0, 0.1) is 24.0 Å². The fourth-order valence-corrected chi connectivity index (χ4v) is 3.56. The highest BCUT2D eigenvalue weighted by atomic mass is 35.5. The summed E-state index contributed by atoms with van der Waals surface area (Å²) >= 11 is 6.10. The van der Waals surface area contributed by atoms with E-state index in [9.17, 15) is 10.1 Å². The number of nitro groups is 1. The predicted molar refractivity (Wildman–Crippen MR) is 114 cm³/mol. The summed E-state index contributed by atoms with van der Waals surface area (Å²) in [5.41, 5.74) is 3.15. The summed E-state index contributed by atoms with van der Waals surface area (Å²) in [6.45, 7) is 3.68. The minimum Gasteiger partial charge on any atom is -0.496 e. The Hall–Kier alpha value is -3.72. The van der Waals surface area contributed by atoms with Gasteiger partial charge in [-0.3, -0.25) is 14.8 Å². The van der Waals surface area contributed by atoms with Crippen molar-refractivity contribution in [2.24, 2.45) is 0 Å². The molecule has 0 saturated heterocycles. The van der Waals surface area contributed by atoms with Crippen LogP contribution in [0.3, 0.4) is 0 Å². The van der Waals surface area contributed by atoms with Crippen LogP contribution < -0.4 is 4.74 Å². The molecule has 0 bridgehead atoms. The van der Waals surface area contributed by atoms with Crippen LogP contribution in [0.15, 0.2) is 47.0 Å². The molecule has 0 aliphatic heterocycles. The molecule has 0 fully saturated rings. The number of nitrogens with zero attached hydrogens (tertiary/aromatic N) is 5. The zero-order valence-electron chi connectivity index (χ0n) is 17.0. The van der Waals surface area contributed by atoms with Crippen molar-refractivity contribution >= 4 is 17.3 Å². The van der Waals surface area contributed by atoms with Gasteiger partial charge >= 0.3 is 5.69 Å². The summed E-state index contributed by atoms with van der Waals surface area (Å²) in [5.74, 6) is 1.27. The summed E-state index contributed by atoms with van der Waals surface area (Å²) in [6, 6.07) is 12.7. The fraction of sp³-hybridized carbons (Fsp3) is 0.190. The molecule has 2 aromatic heterocycles. The number of halogens is 1. The third kappa shape index (κ3) is 3.99. The molecule has 31 heavy (non-hydrogen) atoms. The Morgan fingerprint density at radius 3 is 2.74 bits per heavy atom. The van der Waals surface area contributed by atoms with Crippen molar-refractivity contribution in [2.75, 3.05) is 7.11 Å². The van der Waals surface area contributed by atoms with E-state index >= 15 is 0 Å². The Bertz CT molecular complexity index is 1280. The SMILES string of the molecule is COc1ccc(Cl)cc1-c1noc(-c2cccc(Cn3nc(C)c([N+](=O)[O-])c3C)c2)n1. The Kier molecular flexibility index (Phi) is 5.43. The molecule has 2 heterocycles. The maximum absolute atomic E-state index is 11.2. The lowest BCUT2D eigenvalue weighted by molar-refractivity contribution is -0.386. The van der Waals surface area contributed by atoms with E-state index in [1.807, 2.05) is 24.3 Å². The van der Waals surface area contributed by atoms with Gasteiger partial charge in [0.2, 0.25) is 5.82 Å². The molecule has 0 radical (unpaired) electrons. The van der Waals surface area contributed by atoms with Crippen molar-refractivity contribution < 1.29 is 14.2 Å². The van der Waals surface area contributed by atoms with Gasteiger partial charge in [-0.25, -0.2) is 0 Å². The zero-order valence-corrected chi connectivity index (χ0v) is 17.8. The summed E-state index contributed by atoms with van der Waals surface area (Å²) < 4.78 is 12.4. The third-order valence-electron chi connectivity index (χ3n) is 4.86. The van der Waals surface area contributed by atoms with Crippen molar-refractivity contribution in [3.8, 4) is 28.6 Å². The molecule has 0 aliphatic carbocycles. The quantitative estimate of drug-likeness (QED) is 0.312. The maximum atomic E-state index is 11.2. The highest BCUT2D eigenvalue weighted by Crippen LogP contribution is 2.32. The molecule has 10 heteroatoms. The van der Waals surface area contributed by atoms with Crippen LogP contribution in [0.2, 0.25) is 5.02 Å². The molecule has 4 rings (SSSR count). The molecule has 0 atom stereocenters. The monoisotopic (exact) mass is 439 g/mol. The largest absolute Gasteiger partial charge is 0.496 e. The van der Waals surface area contributed by atoms with Crippen molar-refractivity contribution in [3.63, 3.8) is 0 Å². The molecule has 0 spiro atoms. The number of hydrogen-bond donors (Lipinski definition) is 0. The first-order chi connectivity index (χ1) is 14.9. The van der Waals surface area contributed by atoms with Crippen LogP contribution in [0.1, 0.15) is 17.0 Å². The van der Waals surface area contributed by atoms with E-state index in [-0.39, 0.29) is 5.69 Å². The molecule has 4 aromatic rings. The van der Waals surface area contributed by atoms with Gasteiger partial charge in [-0.15, -0.1) is 0 Å². The number of aromatic nitrogens is 4. The molecule has 0 unspecified atom stereocenters. The number of benzene rings is 2. The topological polar surface area (TPSA) is 109 Å². The first kappa shape index (κ1) is 20.5. The second kappa shape index (κ2) is 8.19. The van der Waals surface area contributed by atoms with Gasteiger partial charge in [0.15, 0.2) is 0 Å². The Labute approximate surface area is 182 Å². The van der Waals surface area contributed by atoms with E-state index < -0.39 is 4.92 Å². The molecule has 9 nitrogen and oxygen atoms in total. The van der Waals surface area contributed by atoms with Gasteiger partial charge in [0.05, 0.1) is 24.1 Å². The first-order valence-electron chi connectivity index (χ1n) is 9.32. The van der Waals surface area contributed by atoms with Crippen LogP contribution in [0.5, 0.6) is 5.75 Å². The lowest BCUT2D eigenvalue weighted by Crippen LogP contribution is -2.04. The van der Waals surface area contributed by atoms with Crippen LogP contribution in [-0.2, 0) is 6.54 Å². The van der Waals surface area contributed by atoms with Gasteiger partial charge in [-0.2, -0.15) is 10.1 Å². The third-order valence-corrected chi connectivity index (χ3v) is 5.10. The van der Waals surface area contributed by atoms with Crippen molar-refractivity contribution in [2.45, 2.75) is 20.4 Å². The molecule has 0 saturated carbocycles.